The number of aliphatic hydroxyl groups is 1. The van der Waals surface area contributed by atoms with Gasteiger partial charge in [-0.3, -0.25) is 34.0 Å². The maximum Gasteiger partial charge on any atom is 0.326 e. The normalized spacial score (nSPS) is 16.6. The number of hydrogen-bond acceptors (Lipinski definition) is 11. The van der Waals surface area contributed by atoms with Crippen molar-refractivity contribution >= 4 is 47.4 Å². The topological polar surface area (TPSA) is 378 Å². The minimum absolute atomic E-state index is 0.000561. The average molecular weight is 765 g/mol. The molecule has 17 N–H and O–H groups in total. The molecule has 0 saturated carbocycles. The van der Waals surface area contributed by atoms with E-state index < -0.39 is 78.4 Å². The highest BCUT2D eigenvalue weighted by molar-refractivity contribution is 5.96. The average Bonchev–Trinajstić information content (AvgIpc) is 3.82. The van der Waals surface area contributed by atoms with Gasteiger partial charge in [0, 0.05) is 37.9 Å². The van der Waals surface area contributed by atoms with Gasteiger partial charge in [-0.1, -0.05) is 13.8 Å². The lowest BCUT2D eigenvalue weighted by Crippen LogP contribution is -2.59. The van der Waals surface area contributed by atoms with Crippen LogP contribution in [0.3, 0.4) is 0 Å². The number of aliphatic carboxylic acids is 1. The number of hydrogen-bond donors (Lipinski definition) is 12. The van der Waals surface area contributed by atoms with E-state index in [0.29, 0.717) is 18.5 Å². The van der Waals surface area contributed by atoms with Crippen LogP contribution in [0, 0.1) is 5.92 Å². The number of aromatic nitrogens is 2. The van der Waals surface area contributed by atoms with Gasteiger partial charge in [0.1, 0.15) is 36.3 Å². The van der Waals surface area contributed by atoms with Crippen LogP contribution in [-0.2, 0) is 35.2 Å². The lowest BCUT2D eigenvalue weighted by Gasteiger charge is -2.29. The number of nitrogens with zero attached hydrogens (tertiary/aromatic N) is 4. The third-order valence-corrected chi connectivity index (χ3v) is 8.44. The predicted octanol–water partition coefficient (Wildman–Crippen LogP) is -4.56. The van der Waals surface area contributed by atoms with Crippen LogP contribution < -0.4 is 49.9 Å². The molecular weight excluding hydrogens is 708 g/mol. The number of aliphatic imine (C=N–C) groups is 2. The summed E-state index contributed by atoms with van der Waals surface area (Å²) in [6.45, 7) is 3.52. The van der Waals surface area contributed by atoms with E-state index in [-0.39, 0.29) is 76.0 Å². The van der Waals surface area contributed by atoms with E-state index in [1.54, 1.807) is 0 Å². The first kappa shape index (κ1) is 44.7. The number of likely N-dealkylation sites (tertiary alicyclic amines) is 1. The van der Waals surface area contributed by atoms with E-state index in [9.17, 15) is 39.0 Å². The number of carbonyl (C=O) groups is 6. The highest BCUT2D eigenvalue weighted by atomic mass is 16.4. The van der Waals surface area contributed by atoms with Gasteiger partial charge >= 0.3 is 5.97 Å². The number of carboxylic acid groups (broad SMARTS) is 1. The first-order valence-corrected chi connectivity index (χ1v) is 17.7. The number of imidazole rings is 1. The van der Waals surface area contributed by atoms with Crippen LogP contribution in [0.25, 0.3) is 0 Å². The zero-order valence-corrected chi connectivity index (χ0v) is 30.7. The Morgan fingerprint density at radius 3 is 1.89 bits per heavy atom. The van der Waals surface area contributed by atoms with Crippen molar-refractivity contribution in [2.45, 2.75) is 101 Å². The molecule has 54 heavy (non-hydrogen) atoms. The van der Waals surface area contributed by atoms with Crippen molar-refractivity contribution in [3.63, 3.8) is 0 Å². The Kier molecular flexibility index (Phi) is 18.6. The second kappa shape index (κ2) is 22.5. The standard InChI is InChI=1S/C32H56N14O8/c1-17(2)12-22(44-28(51)24-8-5-11-46(24)29(52)19(33)15-47)27(50)43-20(6-3-9-39-31(34)35)25(48)42-21(7-4-10-40-32(36)37)26(49)45-23(30(53)54)13-18-14-38-16-41-18/h14,16-17,19-24,47H,3-13,15,33H2,1-2H3,(H,38,41)(H,42,48)(H,43,50)(H,44,51)(H,45,49)(H,53,54)(H4,34,35,39)(H4,36,37,40)/t19-,20-,21-,22-,23-,24-/m0/s1. The molecule has 1 aromatic heterocycles. The molecule has 5 amide bonds. The number of nitrogens with one attached hydrogen (secondary N) is 5. The number of amides is 5. The van der Waals surface area contributed by atoms with Gasteiger partial charge in [-0.05, 0) is 50.9 Å². The van der Waals surface area contributed by atoms with E-state index in [2.05, 4.69) is 41.2 Å². The highest BCUT2D eigenvalue weighted by Crippen LogP contribution is 2.19. The summed E-state index contributed by atoms with van der Waals surface area (Å²) < 4.78 is 0. The molecule has 22 heteroatoms. The molecule has 1 fully saturated rings. The summed E-state index contributed by atoms with van der Waals surface area (Å²) in [5.74, 6) is -5.28. The minimum atomic E-state index is -1.38. The fourth-order valence-corrected chi connectivity index (χ4v) is 5.74. The summed E-state index contributed by atoms with van der Waals surface area (Å²) in [4.78, 5) is 95.2. The number of rotatable bonds is 23. The maximum absolute atomic E-state index is 13.9. The number of nitrogens with two attached hydrogens (primary N) is 5. The predicted molar refractivity (Wildman–Crippen MR) is 197 cm³/mol. The van der Waals surface area contributed by atoms with Gasteiger partial charge in [0.2, 0.25) is 29.5 Å². The third kappa shape index (κ3) is 15.2. The van der Waals surface area contributed by atoms with Gasteiger partial charge in [0.25, 0.3) is 0 Å². The van der Waals surface area contributed by atoms with E-state index in [1.165, 1.54) is 17.4 Å². The quantitative estimate of drug-likeness (QED) is 0.0284. The molecular formula is C32H56N14O8. The second-order valence-corrected chi connectivity index (χ2v) is 13.4. The number of H-pyrrole nitrogens is 1. The fourth-order valence-electron chi connectivity index (χ4n) is 5.74. The van der Waals surface area contributed by atoms with Gasteiger partial charge in [-0.15, -0.1) is 0 Å². The van der Waals surface area contributed by atoms with E-state index in [1.807, 2.05) is 13.8 Å². The number of aliphatic hydroxyl groups excluding tert-OH is 1. The third-order valence-electron chi connectivity index (χ3n) is 8.44. The minimum Gasteiger partial charge on any atom is -0.480 e. The van der Waals surface area contributed by atoms with Crippen molar-refractivity contribution < 1.29 is 39.0 Å². The maximum atomic E-state index is 13.9. The van der Waals surface area contributed by atoms with Gasteiger partial charge < -0.3 is 70.0 Å². The molecule has 1 saturated heterocycles. The molecule has 0 unspecified atom stereocenters. The smallest absolute Gasteiger partial charge is 0.326 e. The molecule has 0 bridgehead atoms. The zero-order valence-electron chi connectivity index (χ0n) is 30.7. The van der Waals surface area contributed by atoms with Gasteiger partial charge in [0.15, 0.2) is 11.9 Å². The SMILES string of the molecule is CC(C)C[C@H](NC(=O)[C@@H]1CCCN1C(=O)[C@@H](N)CO)C(=O)N[C@@H](CCCN=C(N)N)C(=O)N[C@@H](CCCN=C(N)N)C(=O)N[C@@H](Cc1cnc[nH]1)C(=O)O. The number of carbonyl (C=O) groups excluding carboxylic acids is 5. The van der Waals surface area contributed by atoms with Crippen LogP contribution in [0.2, 0.25) is 0 Å². The first-order chi connectivity index (χ1) is 25.5. The Labute approximate surface area is 312 Å². The Morgan fingerprint density at radius 2 is 1.43 bits per heavy atom. The lowest BCUT2D eigenvalue weighted by atomic mass is 10.0. The van der Waals surface area contributed by atoms with Crippen molar-refractivity contribution in [1.29, 1.82) is 0 Å². The van der Waals surface area contributed by atoms with E-state index in [4.69, 9.17) is 28.7 Å². The highest BCUT2D eigenvalue weighted by Gasteiger charge is 2.38. The van der Waals surface area contributed by atoms with Crippen LogP contribution >= 0.6 is 0 Å². The van der Waals surface area contributed by atoms with Crippen molar-refractivity contribution in [1.82, 2.24) is 36.1 Å². The molecule has 6 atom stereocenters. The van der Waals surface area contributed by atoms with Crippen LogP contribution in [0.4, 0.5) is 0 Å². The van der Waals surface area contributed by atoms with Crippen LogP contribution in [-0.4, -0.2) is 135 Å². The molecule has 2 heterocycles. The fraction of sp³-hybridized carbons (Fsp3) is 0.656. The van der Waals surface area contributed by atoms with Crippen LogP contribution in [0.1, 0.15) is 64.5 Å². The molecule has 1 aromatic rings. The van der Waals surface area contributed by atoms with E-state index >= 15 is 0 Å². The van der Waals surface area contributed by atoms with Gasteiger partial charge in [-0.25, -0.2) is 9.78 Å². The molecule has 0 radical (unpaired) electrons. The summed E-state index contributed by atoms with van der Waals surface area (Å²) in [5.41, 5.74) is 27.9. The Balaban J connectivity index is 2.32. The summed E-state index contributed by atoms with van der Waals surface area (Å²) >= 11 is 0. The van der Waals surface area contributed by atoms with Crippen LogP contribution in [0.5, 0.6) is 0 Å². The number of carboxylic acids is 1. The number of guanidine groups is 2. The Bertz CT molecular complexity index is 1460. The first-order valence-electron chi connectivity index (χ1n) is 17.7. The number of aromatic amines is 1. The van der Waals surface area contributed by atoms with Crippen LogP contribution in [0.15, 0.2) is 22.5 Å². The molecule has 2 rings (SSSR count). The van der Waals surface area contributed by atoms with Crippen molar-refractivity contribution in [2.75, 3.05) is 26.2 Å². The molecule has 0 spiro atoms. The van der Waals surface area contributed by atoms with Gasteiger partial charge in [-0.2, -0.15) is 0 Å². The molecule has 1 aliphatic heterocycles. The summed E-state index contributed by atoms with van der Waals surface area (Å²) in [7, 11) is 0. The zero-order chi connectivity index (χ0) is 40.4. The second-order valence-electron chi connectivity index (χ2n) is 13.4. The summed E-state index contributed by atoms with van der Waals surface area (Å²) in [6, 6.07) is -7.18. The van der Waals surface area contributed by atoms with Crippen molar-refractivity contribution in [2.24, 2.45) is 44.6 Å². The molecule has 22 nitrogen and oxygen atoms in total. The van der Waals surface area contributed by atoms with Gasteiger partial charge in [0.05, 0.1) is 12.9 Å². The summed E-state index contributed by atoms with van der Waals surface area (Å²) in [6.07, 6.45) is 4.07. The van der Waals surface area contributed by atoms with Crippen molar-refractivity contribution in [3.05, 3.63) is 18.2 Å². The molecule has 1 aliphatic rings. The Morgan fingerprint density at radius 1 is 0.889 bits per heavy atom. The van der Waals surface area contributed by atoms with E-state index in [0.717, 1.165) is 0 Å². The van der Waals surface area contributed by atoms with Crippen molar-refractivity contribution in [3.8, 4) is 0 Å². The summed E-state index contributed by atoms with van der Waals surface area (Å²) in [5, 5.41) is 29.6. The largest absolute Gasteiger partial charge is 0.480 e. The molecule has 0 aliphatic carbocycles. The molecule has 0 aromatic carbocycles. The lowest BCUT2D eigenvalue weighted by molar-refractivity contribution is -0.142. The molecule has 302 valence electrons. The Hall–Kier alpha value is -5.51. The monoisotopic (exact) mass is 764 g/mol.